The summed E-state index contributed by atoms with van der Waals surface area (Å²) in [4.78, 5) is 29.8. The maximum atomic E-state index is 13.2. The van der Waals surface area contributed by atoms with Gasteiger partial charge in [0.15, 0.2) is 0 Å². The molecule has 2 fully saturated rings. The fourth-order valence-corrected chi connectivity index (χ4v) is 5.08. The third kappa shape index (κ3) is 1.18. The van der Waals surface area contributed by atoms with Crippen molar-refractivity contribution in [3.05, 3.63) is 42.5 Å². The van der Waals surface area contributed by atoms with Gasteiger partial charge < -0.3 is 9.80 Å². The smallest absolute Gasteiger partial charge is 0.243 e. The molecule has 0 unspecified atom stereocenters. The Kier molecular flexibility index (Phi) is 2.47. The zero-order valence-electron chi connectivity index (χ0n) is 13.0. The van der Waals surface area contributed by atoms with Gasteiger partial charge in [-0.2, -0.15) is 0 Å². The van der Waals surface area contributed by atoms with Crippen molar-refractivity contribution in [3.63, 3.8) is 0 Å². The number of nitrogens with zero attached hydrogens (tertiary/aromatic N) is 2. The van der Waals surface area contributed by atoms with Gasteiger partial charge in [-0.3, -0.25) is 9.59 Å². The van der Waals surface area contributed by atoms with E-state index in [1.165, 1.54) is 0 Å². The lowest BCUT2D eigenvalue weighted by molar-refractivity contribution is -0.162. The van der Waals surface area contributed by atoms with Crippen molar-refractivity contribution >= 4 is 17.5 Å². The molecule has 2 aliphatic heterocycles. The maximum Gasteiger partial charge on any atom is 0.243 e. The van der Waals surface area contributed by atoms with E-state index in [4.69, 9.17) is 0 Å². The summed E-state index contributed by atoms with van der Waals surface area (Å²) in [5.74, 6) is 0.0623. The molecule has 114 valence electrons. The van der Waals surface area contributed by atoms with E-state index < -0.39 is 5.41 Å². The van der Waals surface area contributed by atoms with E-state index in [1.54, 1.807) is 22.9 Å². The zero-order valence-corrected chi connectivity index (χ0v) is 13.0. The minimum Gasteiger partial charge on any atom is -0.338 e. The number of anilines is 1. The number of carbonyl (C=O) groups is 2. The van der Waals surface area contributed by atoms with Gasteiger partial charge in [-0.1, -0.05) is 31.2 Å². The van der Waals surface area contributed by atoms with E-state index in [0.29, 0.717) is 13.1 Å². The lowest BCUT2D eigenvalue weighted by Crippen LogP contribution is -2.71. The van der Waals surface area contributed by atoms with Gasteiger partial charge in [0.2, 0.25) is 11.8 Å². The highest BCUT2D eigenvalue weighted by Crippen LogP contribution is 2.69. The summed E-state index contributed by atoms with van der Waals surface area (Å²) in [7, 11) is 1.79. The van der Waals surface area contributed by atoms with E-state index in [-0.39, 0.29) is 23.1 Å². The minimum absolute atomic E-state index is 0.0162. The fourth-order valence-electron chi connectivity index (χ4n) is 5.08. The number of carbonyl (C=O) groups excluding carboxylic acids is 2. The number of amides is 2. The molecule has 22 heavy (non-hydrogen) atoms. The summed E-state index contributed by atoms with van der Waals surface area (Å²) in [5, 5.41) is 0. The first-order chi connectivity index (χ1) is 10.5. The molecule has 1 aromatic carbocycles. The minimum atomic E-state index is -0.904. The highest BCUT2D eigenvalue weighted by atomic mass is 16.2. The Morgan fingerprint density at radius 1 is 1.32 bits per heavy atom. The van der Waals surface area contributed by atoms with Gasteiger partial charge in [0, 0.05) is 37.2 Å². The topological polar surface area (TPSA) is 40.6 Å². The average molecular weight is 296 g/mol. The molecule has 1 saturated carbocycles. The first-order valence-electron chi connectivity index (χ1n) is 7.76. The van der Waals surface area contributed by atoms with Crippen LogP contribution in [0.2, 0.25) is 0 Å². The Morgan fingerprint density at radius 2 is 2.05 bits per heavy atom. The van der Waals surface area contributed by atoms with Crippen LogP contribution in [0.5, 0.6) is 0 Å². The number of hydrogen-bond donors (Lipinski definition) is 0. The highest BCUT2D eigenvalue weighted by molar-refractivity contribution is 6.17. The molecule has 3 aliphatic rings. The predicted octanol–water partition coefficient (Wildman–Crippen LogP) is 1.96. The molecular weight excluding hydrogens is 276 g/mol. The van der Waals surface area contributed by atoms with Crippen LogP contribution in [-0.2, 0) is 15.0 Å². The van der Waals surface area contributed by atoms with E-state index in [0.717, 1.165) is 17.7 Å². The third-order valence-corrected chi connectivity index (χ3v) is 6.05. The Morgan fingerprint density at radius 3 is 2.77 bits per heavy atom. The molecule has 0 radical (unpaired) electrons. The van der Waals surface area contributed by atoms with Crippen LogP contribution in [0.4, 0.5) is 5.69 Å². The lowest BCUT2D eigenvalue weighted by Gasteiger charge is -2.61. The number of likely N-dealkylation sites (tertiary alicyclic amines) is 1. The lowest BCUT2D eigenvalue weighted by atomic mass is 9.41. The number of benzene rings is 1. The average Bonchev–Trinajstić information content (AvgIpc) is 2.73. The second-order valence-corrected chi connectivity index (χ2v) is 6.92. The Bertz CT molecular complexity index is 713. The van der Waals surface area contributed by atoms with Crippen LogP contribution in [0, 0.1) is 11.3 Å². The van der Waals surface area contributed by atoms with Crippen molar-refractivity contribution in [3.8, 4) is 0 Å². The molecule has 2 amide bonds. The van der Waals surface area contributed by atoms with Crippen LogP contribution in [0.15, 0.2) is 36.9 Å². The van der Waals surface area contributed by atoms with E-state index in [2.05, 4.69) is 19.6 Å². The first-order valence-corrected chi connectivity index (χ1v) is 7.76. The molecule has 4 rings (SSSR count). The second-order valence-electron chi connectivity index (χ2n) is 6.92. The summed E-state index contributed by atoms with van der Waals surface area (Å²) in [5.41, 5.74) is 0.778. The number of hydrogen-bond acceptors (Lipinski definition) is 2. The van der Waals surface area contributed by atoms with Crippen LogP contribution >= 0.6 is 0 Å². The van der Waals surface area contributed by atoms with Gasteiger partial charge in [0.05, 0.1) is 0 Å². The van der Waals surface area contributed by atoms with Crippen molar-refractivity contribution in [2.75, 3.05) is 25.0 Å². The Balaban J connectivity index is 1.92. The SMILES string of the molecule is C=CCN1C[C@H]2C[C@]3(C)c4ccccc4N(C)C(=O)[C@]23C1=O. The van der Waals surface area contributed by atoms with E-state index in [1.807, 2.05) is 18.2 Å². The van der Waals surface area contributed by atoms with Gasteiger partial charge in [0.1, 0.15) is 5.41 Å². The van der Waals surface area contributed by atoms with Crippen LogP contribution < -0.4 is 4.90 Å². The van der Waals surface area contributed by atoms with Crippen molar-refractivity contribution in [2.45, 2.75) is 18.8 Å². The monoisotopic (exact) mass is 296 g/mol. The molecule has 0 N–H and O–H groups in total. The van der Waals surface area contributed by atoms with Gasteiger partial charge in [0.25, 0.3) is 0 Å². The van der Waals surface area contributed by atoms with Gasteiger partial charge in [-0.05, 0) is 18.1 Å². The molecule has 4 heteroatoms. The van der Waals surface area contributed by atoms with E-state index >= 15 is 0 Å². The molecule has 2 heterocycles. The van der Waals surface area contributed by atoms with Crippen molar-refractivity contribution < 1.29 is 9.59 Å². The van der Waals surface area contributed by atoms with E-state index in [9.17, 15) is 9.59 Å². The summed E-state index contributed by atoms with van der Waals surface area (Å²) >= 11 is 0. The van der Waals surface area contributed by atoms with Crippen LogP contribution in [0.3, 0.4) is 0 Å². The summed E-state index contributed by atoms with van der Waals surface area (Å²) in [6.45, 7) is 7.00. The molecule has 0 aromatic heterocycles. The summed E-state index contributed by atoms with van der Waals surface area (Å²) < 4.78 is 0. The quantitative estimate of drug-likeness (QED) is 0.618. The Labute approximate surface area is 130 Å². The van der Waals surface area contributed by atoms with Gasteiger partial charge >= 0.3 is 0 Å². The molecule has 1 aliphatic carbocycles. The number of para-hydroxylation sites is 1. The molecular formula is C18H20N2O2. The first kappa shape index (κ1) is 13.6. The molecule has 4 nitrogen and oxygen atoms in total. The zero-order chi connectivity index (χ0) is 15.7. The molecule has 0 bridgehead atoms. The molecule has 3 atom stereocenters. The number of fused-ring (bicyclic) bond motifs is 2. The van der Waals surface area contributed by atoms with Gasteiger partial charge in [-0.25, -0.2) is 0 Å². The molecule has 1 spiro atoms. The highest BCUT2D eigenvalue weighted by Gasteiger charge is 2.78. The third-order valence-electron chi connectivity index (χ3n) is 6.05. The normalized spacial score (nSPS) is 35.6. The van der Waals surface area contributed by atoms with Crippen LogP contribution in [0.1, 0.15) is 18.9 Å². The predicted molar refractivity (Wildman–Crippen MR) is 84.5 cm³/mol. The van der Waals surface area contributed by atoms with Crippen molar-refractivity contribution in [2.24, 2.45) is 11.3 Å². The van der Waals surface area contributed by atoms with Crippen LogP contribution in [-0.4, -0.2) is 36.9 Å². The standard InChI is InChI=1S/C18H20N2O2/c1-4-9-20-11-12-10-17(2)13-7-5-6-8-14(13)19(3)15(21)18(12,17)16(20)22/h4-8,12H,1,9-11H2,2-3H3/t12-,17-,18+/m1/s1. The summed E-state index contributed by atoms with van der Waals surface area (Å²) in [6, 6.07) is 7.98. The Hall–Kier alpha value is -2.10. The van der Waals surface area contributed by atoms with Crippen molar-refractivity contribution in [1.82, 2.24) is 4.90 Å². The van der Waals surface area contributed by atoms with Crippen LogP contribution in [0.25, 0.3) is 0 Å². The van der Waals surface area contributed by atoms with Gasteiger partial charge in [-0.15, -0.1) is 6.58 Å². The largest absolute Gasteiger partial charge is 0.338 e. The fraction of sp³-hybridized carbons (Fsp3) is 0.444. The molecule has 1 aromatic rings. The summed E-state index contributed by atoms with van der Waals surface area (Å²) in [6.07, 6.45) is 2.63. The van der Waals surface area contributed by atoms with Crippen molar-refractivity contribution in [1.29, 1.82) is 0 Å². The maximum absolute atomic E-state index is 13.2. The number of rotatable bonds is 2. The second kappa shape index (κ2) is 4.00. The molecule has 1 saturated heterocycles.